The van der Waals surface area contributed by atoms with Gasteiger partial charge in [0.1, 0.15) is 17.2 Å². The van der Waals surface area contributed by atoms with E-state index in [-0.39, 0.29) is 0 Å². The number of esters is 2. The molecule has 2 unspecified atom stereocenters. The number of benzene rings is 1. The molecule has 0 aliphatic carbocycles. The van der Waals surface area contributed by atoms with Crippen molar-refractivity contribution in [3.8, 4) is 0 Å². The summed E-state index contributed by atoms with van der Waals surface area (Å²) in [6, 6.07) is 4.28. The molecule has 31 heavy (non-hydrogen) atoms. The van der Waals surface area contributed by atoms with E-state index in [1.807, 2.05) is 0 Å². The second kappa shape index (κ2) is 10.2. The first-order valence-corrected chi connectivity index (χ1v) is 9.82. The molecule has 0 aromatic heterocycles. The molecule has 2 amide bonds. The van der Waals surface area contributed by atoms with Crippen molar-refractivity contribution >= 4 is 23.7 Å². The fraction of sp³-hybridized carbons (Fsp3) is 0.571. The highest BCUT2D eigenvalue weighted by molar-refractivity contribution is 5.93. The van der Waals surface area contributed by atoms with Gasteiger partial charge < -0.3 is 20.1 Å². The van der Waals surface area contributed by atoms with Crippen LogP contribution in [0.3, 0.4) is 0 Å². The summed E-state index contributed by atoms with van der Waals surface area (Å²) in [5.41, 5.74) is -1.43. The lowest BCUT2D eigenvalue weighted by atomic mass is 9.93. The second-order valence-corrected chi connectivity index (χ2v) is 9.10. The van der Waals surface area contributed by atoms with Gasteiger partial charge in [0, 0.05) is 10.6 Å². The van der Waals surface area contributed by atoms with Gasteiger partial charge in [-0.05, 0) is 53.7 Å². The first kappa shape index (κ1) is 25.9. The molecule has 1 aromatic carbocycles. The van der Waals surface area contributed by atoms with Crippen molar-refractivity contribution < 1.29 is 28.8 Å². The number of nitrogens with zero attached hydrogens (tertiary/aromatic N) is 1. The van der Waals surface area contributed by atoms with Crippen LogP contribution in [0.15, 0.2) is 30.3 Å². The van der Waals surface area contributed by atoms with Gasteiger partial charge in [-0.3, -0.25) is 10.1 Å². The lowest BCUT2D eigenvalue weighted by Gasteiger charge is -2.29. The second-order valence-electron chi connectivity index (χ2n) is 9.10. The quantitative estimate of drug-likeness (QED) is 0.380. The molecule has 0 aliphatic heterocycles. The van der Waals surface area contributed by atoms with E-state index in [0.29, 0.717) is 5.69 Å². The van der Waals surface area contributed by atoms with Crippen molar-refractivity contribution in [2.45, 2.75) is 71.8 Å². The summed E-state index contributed by atoms with van der Waals surface area (Å²) in [5.74, 6) is -3.27. The number of ether oxygens (including phenoxy) is 2. The number of nitro groups is 1. The average molecular weight is 437 g/mol. The van der Waals surface area contributed by atoms with Gasteiger partial charge in [0.2, 0.25) is 0 Å². The lowest BCUT2D eigenvalue weighted by Crippen LogP contribution is -2.55. The minimum Gasteiger partial charge on any atom is -0.458 e. The van der Waals surface area contributed by atoms with Gasteiger partial charge in [0.25, 0.3) is 0 Å². The average Bonchev–Trinajstić information content (AvgIpc) is 2.56. The molecular formula is C21H31N3O7. The molecule has 10 heteroatoms. The monoisotopic (exact) mass is 437 g/mol. The van der Waals surface area contributed by atoms with E-state index in [2.05, 4.69) is 10.6 Å². The van der Waals surface area contributed by atoms with Crippen LogP contribution in [-0.4, -0.2) is 46.2 Å². The number of amides is 2. The van der Waals surface area contributed by atoms with Crippen molar-refractivity contribution in [2.75, 3.05) is 5.32 Å². The van der Waals surface area contributed by atoms with Crippen LogP contribution in [0.4, 0.5) is 10.5 Å². The predicted molar refractivity (Wildman–Crippen MR) is 114 cm³/mol. The Balaban J connectivity index is 3.17. The Morgan fingerprint density at radius 1 is 0.935 bits per heavy atom. The zero-order valence-corrected chi connectivity index (χ0v) is 18.9. The smallest absolute Gasteiger partial charge is 0.382 e. The maximum absolute atomic E-state index is 12.8. The Morgan fingerprint density at radius 3 is 1.87 bits per heavy atom. The summed E-state index contributed by atoms with van der Waals surface area (Å²) in [6.07, 6.45) is 0. The molecule has 0 aliphatic rings. The molecular weight excluding hydrogens is 406 g/mol. The third-order valence-corrected chi connectivity index (χ3v) is 3.88. The standard InChI is InChI=1S/C21H31N3O7/c1-13(16(24(28)29)18(26)31-21(5,6)7)15(17(25)30-20(2,3)4)23-19(27)22-14-11-9-8-10-12-14/h8-13,15-16H,1-7H3,(H2,22,23,27)/t13?,15-,16?/m0/s1. The van der Waals surface area contributed by atoms with Gasteiger partial charge in [0.05, 0.1) is 5.92 Å². The maximum Gasteiger partial charge on any atom is 0.382 e. The Hall–Kier alpha value is -3.17. The maximum atomic E-state index is 12.8. The normalized spacial score (nSPS) is 14.5. The predicted octanol–water partition coefficient (Wildman–Crippen LogP) is 3.14. The van der Waals surface area contributed by atoms with Gasteiger partial charge in [-0.2, -0.15) is 0 Å². The molecule has 10 nitrogen and oxygen atoms in total. The van der Waals surface area contributed by atoms with Gasteiger partial charge in [-0.25, -0.2) is 14.4 Å². The van der Waals surface area contributed by atoms with E-state index in [1.54, 1.807) is 71.9 Å². The molecule has 1 aromatic rings. The minimum atomic E-state index is -1.89. The van der Waals surface area contributed by atoms with E-state index in [0.717, 1.165) is 0 Å². The van der Waals surface area contributed by atoms with Crippen LogP contribution in [-0.2, 0) is 19.1 Å². The Bertz CT molecular complexity index is 797. The van der Waals surface area contributed by atoms with Gasteiger partial charge in [-0.15, -0.1) is 0 Å². The van der Waals surface area contributed by atoms with Crippen LogP contribution in [0, 0.1) is 16.0 Å². The van der Waals surface area contributed by atoms with Crippen molar-refractivity contribution in [3.63, 3.8) is 0 Å². The third-order valence-electron chi connectivity index (χ3n) is 3.88. The molecule has 0 radical (unpaired) electrons. The van der Waals surface area contributed by atoms with Crippen LogP contribution in [0.1, 0.15) is 48.5 Å². The molecule has 172 valence electrons. The number of hydrogen-bond acceptors (Lipinski definition) is 7. The van der Waals surface area contributed by atoms with E-state index in [4.69, 9.17) is 9.47 Å². The van der Waals surface area contributed by atoms with Gasteiger partial charge in [-0.1, -0.05) is 25.1 Å². The molecule has 0 bridgehead atoms. The van der Waals surface area contributed by atoms with Crippen LogP contribution >= 0.6 is 0 Å². The number of carbonyl (C=O) groups is 3. The number of hydrogen-bond donors (Lipinski definition) is 2. The van der Waals surface area contributed by atoms with Crippen molar-refractivity contribution in [1.29, 1.82) is 0 Å². The number of nitrogens with one attached hydrogen (secondary N) is 2. The third kappa shape index (κ3) is 9.02. The molecule has 0 saturated carbocycles. The number of carbonyl (C=O) groups excluding carboxylic acids is 3. The Kier molecular flexibility index (Phi) is 8.54. The van der Waals surface area contributed by atoms with E-state index >= 15 is 0 Å². The summed E-state index contributed by atoms with van der Waals surface area (Å²) in [5, 5.41) is 16.6. The van der Waals surface area contributed by atoms with Crippen LogP contribution in [0.2, 0.25) is 0 Å². The van der Waals surface area contributed by atoms with E-state index < -0.39 is 52.1 Å². The SMILES string of the molecule is CC(C(C(=O)OC(C)(C)C)[N+](=O)[O-])[C@H](NC(=O)Nc1ccccc1)C(=O)OC(C)(C)C. The fourth-order valence-corrected chi connectivity index (χ4v) is 2.64. The number of anilines is 1. The number of rotatable bonds is 7. The van der Waals surface area contributed by atoms with Gasteiger partial charge >= 0.3 is 24.0 Å². The zero-order valence-electron chi connectivity index (χ0n) is 18.9. The highest BCUT2D eigenvalue weighted by Crippen LogP contribution is 2.20. The molecule has 0 fully saturated rings. The molecule has 3 atom stereocenters. The topological polar surface area (TPSA) is 137 Å². The molecule has 0 heterocycles. The van der Waals surface area contributed by atoms with Crippen LogP contribution in [0.5, 0.6) is 0 Å². The fourth-order valence-electron chi connectivity index (χ4n) is 2.64. The highest BCUT2D eigenvalue weighted by Gasteiger charge is 2.47. The largest absolute Gasteiger partial charge is 0.458 e. The lowest BCUT2D eigenvalue weighted by molar-refractivity contribution is -0.520. The van der Waals surface area contributed by atoms with Crippen molar-refractivity contribution in [2.24, 2.45) is 5.92 Å². The summed E-state index contributed by atoms with van der Waals surface area (Å²) in [4.78, 5) is 48.6. The van der Waals surface area contributed by atoms with E-state index in [1.165, 1.54) is 6.92 Å². The summed E-state index contributed by atoms with van der Waals surface area (Å²) >= 11 is 0. The molecule has 0 spiro atoms. The van der Waals surface area contributed by atoms with Crippen LogP contribution < -0.4 is 10.6 Å². The summed E-state index contributed by atoms with van der Waals surface area (Å²) < 4.78 is 10.5. The van der Waals surface area contributed by atoms with Crippen molar-refractivity contribution in [1.82, 2.24) is 5.32 Å². The number of urea groups is 1. The number of para-hydroxylation sites is 1. The minimum absolute atomic E-state index is 0.452. The first-order valence-electron chi connectivity index (χ1n) is 9.82. The Morgan fingerprint density at radius 2 is 1.42 bits per heavy atom. The Labute approximate surface area is 181 Å². The molecule has 0 saturated heterocycles. The molecule has 1 rings (SSSR count). The van der Waals surface area contributed by atoms with Crippen LogP contribution in [0.25, 0.3) is 0 Å². The highest BCUT2D eigenvalue weighted by atomic mass is 16.6. The van der Waals surface area contributed by atoms with E-state index in [9.17, 15) is 24.5 Å². The van der Waals surface area contributed by atoms with Gasteiger partial charge in [0.15, 0.2) is 0 Å². The first-order chi connectivity index (χ1) is 14.1. The summed E-state index contributed by atoms with van der Waals surface area (Å²) in [7, 11) is 0. The zero-order chi connectivity index (χ0) is 24.0. The molecule has 2 N–H and O–H groups in total. The van der Waals surface area contributed by atoms with Crippen molar-refractivity contribution in [3.05, 3.63) is 40.4 Å². The summed E-state index contributed by atoms with van der Waals surface area (Å²) in [6.45, 7) is 10.9.